The van der Waals surface area contributed by atoms with Crippen molar-refractivity contribution in [1.82, 2.24) is 9.88 Å². The first-order chi connectivity index (χ1) is 26.3. The summed E-state index contributed by atoms with van der Waals surface area (Å²) in [6.07, 6.45) is 2.10. The van der Waals surface area contributed by atoms with E-state index >= 15 is 0 Å². The zero-order valence-corrected chi connectivity index (χ0v) is 31.6. The molecule has 3 amide bonds. The zero-order valence-electron chi connectivity index (χ0n) is 30.8. The van der Waals surface area contributed by atoms with Crippen LogP contribution in [0.15, 0.2) is 120 Å². The summed E-state index contributed by atoms with van der Waals surface area (Å²) in [6, 6.07) is 33.5. The lowest BCUT2D eigenvalue weighted by molar-refractivity contribution is -0.116. The van der Waals surface area contributed by atoms with Crippen LogP contribution in [0, 0.1) is 0 Å². The highest BCUT2D eigenvalue weighted by Crippen LogP contribution is 2.36. The summed E-state index contributed by atoms with van der Waals surface area (Å²) in [4.78, 5) is 41.6. The number of nitrogens with zero attached hydrogens (tertiary/aromatic N) is 1. The molecular weight excluding hydrogens is 701 g/mol. The van der Waals surface area contributed by atoms with E-state index in [4.69, 9.17) is 14.2 Å². The summed E-state index contributed by atoms with van der Waals surface area (Å²) < 4.78 is 18.7. The normalized spacial score (nSPS) is 11.9. The van der Waals surface area contributed by atoms with Gasteiger partial charge in [-0.25, -0.2) is 0 Å². The maximum Gasteiger partial charge on any atom is 0.272 e. The fraction of sp³-hybridized carbons (Fsp3) is 0.186. The van der Waals surface area contributed by atoms with Crippen molar-refractivity contribution in [3.05, 3.63) is 126 Å². The molecule has 0 saturated carbocycles. The Labute approximate surface area is 318 Å². The van der Waals surface area contributed by atoms with E-state index in [0.717, 1.165) is 38.9 Å². The average Bonchev–Trinajstić information content (AvgIpc) is 3.52. The number of ether oxygens (including phenoxy) is 3. The Balaban J connectivity index is 1.22. The van der Waals surface area contributed by atoms with Crippen LogP contribution in [0.5, 0.6) is 17.2 Å². The van der Waals surface area contributed by atoms with Crippen LogP contribution in [0.3, 0.4) is 0 Å². The number of carbonyl (C=O) groups excluding carboxylic acids is 3. The summed E-state index contributed by atoms with van der Waals surface area (Å²) in [5.41, 5.74) is 4.33. The Bertz CT molecular complexity index is 2350. The number of aryl methyl sites for hydroxylation is 1. The van der Waals surface area contributed by atoms with Gasteiger partial charge < -0.3 is 34.7 Å². The minimum Gasteiger partial charge on any atom is -0.496 e. The molecule has 1 aromatic heterocycles. The van der Waals surface area contributed by atoms with Gasteiger partial charge >= 0.3 is 0 Å². The summed E-state index contributed by atoms with van der Waals surface area (Å²) in [7, 11) is 4.52. The first kappa shape index (κ1) is 37.6. The molecule has 1 unspecified atom stereocenters. The molecule has 6 aromatic rings. The predicted octanol–water partition coefficient (Wildman–Crippen LogP) is 8.76. The van der Waals surface area contributed by atoms with E-state index in [2.05, 4.69) is 45.6 Å². The number of thioether (sulfide) groups is 1. The van der Waals surface area contributed by atoms with Crippen molar-refractivity contribution in [3.8, 4) is 17.2 Å². The number of methoxy groups -OCH3 is 3. The van der Waals surface area contributed by atoms with Crippen molar-refractivity contribution >= 4 is 68.7 Å². The van der Waals surface area contributed by atoms with Gasteiger partial charge in [-0.3, -0.25) is 14.4 Å². The molecule has 1 heterocycles. The number of carbonyl (C=O) groups is 3. The Hall–Kier alpha value is -6.20. The molecule has 0 bridgehead atoms. The first-order valence-electron chi connectivity index (χ1n) is 17.5. The summed E-state index contributed by atoms with van der Waals surface area (Å²) in [5, 5.41) is 10.6. The molecule has 10 nitrogen and oxygen atoms in total. The molecule has 0 aliphatic carbocycles. The van der Waals surface area contributed by atoms with Crippen molar-refractivity contribution in [2.75, 3.05) is 32.0 Å². The van der Waals surface area contributed by atoms with Gasteiger partial charge in [0, 0.05) is 61.8 Å². The SMILES string of the molecule is CCC(Sc1cccc(NC(=O)/C(=C\c2cc(OC)c(OC)cc2OC)NC(=O)c2ccccc2)c1)C(=O)Nc1ccc2c(c1)c1ccccc1n2CC. The van der Waals surface area contributed by atoms with E-state index in [0.29, 0.717) is 40.5 Å². The minimum atomic E-state index is -0.567. The Morgan fingerprint density at radius 1 is 0.704 bits per heavy atom. The van der Waals surface area contributed by atoms with Crippen LogP contribution < -0.4 is 30.2 Å². The number of benzene rings is 5. The number of aromatic nitrogens is 1. The quantitative estimate of drug-likeness (QED) is 0.0754. The van der Waals surface area contributed by atoms with Gasteiger partial charge in [-0.05, 0) is 80.1 Å². The number of hydrogen-bond acceptors (Lipinski definition) is 7. The number of para-hydroxylation sites is 1. The van der Waals surface area contributed by atoms with Crippen molar-refractivity contribution in [1.29, 1.82) is 0 Å². The Morgan fingerprint density at radius 2 is 1.39 bits per heavy atom. The molecule has 0 spiro atoms. The lowest BCUT2D eigenvalue weighted by Crippen LogP contribution is -2.30. The first-order valence-corrected chi connectivity index (χ1v) is 18.4. The fourth-order valence-corrected chi connectivity index (χ4v) is 7.30. The van der Waals surface area contributed by atoms with Gasteiger partial charge in [0.15, 0.2) is 11.5 Å². The largest absolute Gasteiger partial charge is 0.496 e. The van der Waals surface area contributed by atoms with E-state index in [9.17, 15) is 14.4 Å². The summed E-state index contributed by atoms with van der Waals surface area (Å²) in [5.74, 6) is 0.119. The van der Waals surface area contributed by atoms with Gasteiger partial charge in [-0.2, -0.15) is 0 Å². The van der Waals surface area contributed by atoms with Crippen LogP contribution in [0.4, 0.5) is 11.4 Å². The second-order valence-electron chi connectivity index (χ2n) is 12.3. The number of amides is 3. The molecule has 0 saturated heterocycles. The van der Waals surface area contributed by atoms with Crippen molar-refractivity contribution in [2.24, 2.45) is 0 Å². The average molecular weight is 743 g/mol. The second-order valence-corrected chi connectivity index (χ2v) is 13.6. The molecule has 276 valence electrons. The van der Waals surface area contributed by atoms with Crippen molar-refractivity contribution < 1.29 is 28.6 Å². The molecular formula is C43H42N4O6S. The molecule has 54 heavy (non-hydrogen) atoms. The molecule has 5 aromatic carbocycles. The Morgan fingerprint density at radius 3 is 2.11 bits per heavy atom. The van der Waals surface area contributed by atoms with E-state index < -0.39 is 17.1 Å². The van der Waals surface area contributed by atoms with Crippen LogP contribution in [0.25, 0.3) is 27.9 Å². The van der Waals surface area contributed by atoms with Gasteiger partial charge in [0.05, 0.1) is 26.6 Å². The third-order valence-corrected chi connectivity index (χ3v) is 10.3. The molecule has 3 N–H and O–H groups in total. The topological polar surface area (TPSA) is 120 Å². The van der Waals surface area contributed by atoms with E-state index in [-0.39, 0.29) is 11.6 Å². The number of anilines is 2. The predicted molar refractivity (Wildman–Crippen MR) is 217 cm³/mol. The van der Waals surface area contributed by atoms with E-state index in [1.165, 1.54) is 39.2 Å². The zero-order chi connectivity index (χ0) is 38.2. The summed E-state index contributed by atoms with van der Waals surface area (Å²) >= 11 is 1.41. The molecule has 0 aliphatic heterocycles. The number of fused-ring (bicyclic) bond motifs is 3. The maximum absolute atomic E-state index is 13.9. The summed E-state index contributed by atoms with van der Waals surface area (Å²) in [6.45, 7) is 4.94. The lowest BCUT2D eigenvalue weighted by Gasteiger charge is -2.16. The van der Waals surface area contributed by atoms with Crippen LogP contribution in [0.1, 0.15) is 36.2 Å². The highest BCUT2D eigenvalue weighted by Gasteiger charge is 2.21. The van der Waals surface area contributed by atoms with Gasteiger partial charge in [-0.1, -0.05) is 49.4 Å². The van der Waals surface area contributed by atoms with E-state index in [1.807, 2.05) is 43.3 Å². The van der Waals surface area contributed by atoms with Gasteiger partial charge in [0.25, 0.3) is 11.8 Å². The van der Waals surface area contributed by atoms with Crippen molar-refractivity contribution in [3.63, 3.8) is 0 Å². The van der Waals surface area contributed by atoms with Crippen LogP contribution in [-0.4, -0.2) is 48.9 Å². The minimum absolute atomic E-state index is 0.0303. The second kappa shape index (κ2) is 17.1. The molecule has 11 heteroatoms. The Kier molecular flexibility index (Phi) is 11.9. The molecule has 0 fully saturated rings. The number of hydrogen-bond donors (Lipinski definition) is 3. The third kappa shape index (κ3) is 8.21. The smallest absolute Gasteiger partial charge is 0.272 e. The number of rotatable bonds is 14. The molecule has 0 radical (unpaired) electrons. The molecule has 6 rings (SSSR count). The fourth-order valence-electron chi connectivity index (χ4n) is 6.29. The third-order valence-electron chi connectivity index (χ3n) is 8.95. The highest BCUT2D eigenvalue weighted by atomic mass is 32.2. The molecule has 1 atom stereocenters. The lowest BCUT2D eigenvalue weighted by atomic mass is 10.1. The maximum atomic E-state index is 13.9. The number of nitrogens with one attached hydrogen (secondary N) is 3. The van der Waals surface area contributed by atoms with Gasteiger partial charge in [0.2, 0.25) is 5.91 Å². The van der Waals surface area contributed by atoms with E-state index in [1.54, 1.807) is 54.6 Å². The van der Waals surface area contributed by atoms with Gasteiger partial charge in [0.1, 0.15) is 11.4 Å². The van der Waals surface area contributed by atoms with Gasteiger partial charge in [-0.15, -0.1) is 11.8 Å². The van der Waals surface area contributed by atoms with Crippen LogP contribution in [-0.2, 0) is 16.1 Å². The highest BCUT2D eigenvalue weighted by molar-refractivity contribution is 8.00. The molecule has 0 aliphatic rings. The van der Waals surface area contributed by atoms with Crippen LogP contribution >= 0.6 is 11.8 Å². The van der Waals surface area contributed by atoms with Crippen LogP contribution in [0.2, 0.25) is 0 Å². The standard InChI is InChI=1S/C43H42N4O6S/c1-6-40(43(50)45-30-20-21-36-33(25-30)32-18-11-12-19-35(32)47(36)7-2)54-31-17-13-16-29(24-31)44-42(49)34(46-41(48)27-14-9-8-10-15-27)22-28-23-38(52-4)39(53-5)26-37(28)51-3/h8-26,40H,6-7H2,1-5H3,(H,44,49)(H,45,50)(H,46,48)/b34-22+. The van der Waals surface area contributed by atoms with Crippen molar-refractivity contribution in [2.45, 2.75) is 37.0 Å². The monoisotopic (exact) mass is 742 g/mol.